The Kier molecular flexibility index (Phi) is 5.20. The van der Waals surface area contributed by atoms with E-state index in [0.717, 1.165) is 0 Å². The van der Waals surface area contributed by atoms with Crippen molar-refractivity contribution < 1.29 is 4.39 Å². The lowest BCUT2D eigenvalue weighted by atomic mass is 10.2. The first kappa shape index (κ1) is 18.2. The number of rotatable bonds is 3. The number of anilines is 2. The van der Waals surface area contributed by atoms with Gasteiger partial charge in [-0.05, 0) is 18.2 Å². The molecule has 3 aromatic heterocycles. The summed E-state index contributed by atoms with van der Waals surface area (Å²) < 4.78 is 15.6. The Balaban J connectivity index is 0.00000102. The van der Waals surface area contributed by atoms with Gasteiger partial charge < -0.3 is 11.5 Å². The minimum atomic E-state index is -0.307. The molecule has 27 heavy (non-hydrogen) atoms. The SMILES string of the molecule is CC.Nc1nnc(-c2nn(Cc3ccccc3F)c3ncccc23)nc1N. The van der Waals surface area contributed by atoms with E-state index in [0.29, 0.717) is 22.3 Å². The third-order valence-electron chi connectivity index (χ3n) is 3.74. The van der Waals surface area contributed by atoms with E-state index in [-0.39, 0.29) is 29.8 Å². The molecule has 138 valence electrons. The van der Waals surface area contributed by atoms with Crippen LogP contribution in [0.25, 0.3) is 22.6 Å². The summed E-state index contributed by atoms with van der Waals surface area (Å²) in [7, 11) is 0. The van der Waals surface area contributed by atoms with E-state index in [1.807, 2.05) is 19.9 Å². The number of hydrogen-bond donors (Lipinski definition) is 2. The summed E-state index contributed by atoms with van der Waals surface area (Å²) in [5.74, 6) is 0.0536. The number of pyridine rings is 1. The van der Waals surface area contributed by atoms with Crippen LogP contribution < -0.4 is 11.5 Å². The third-order valence-corrected chi connectivity index (χ3v) is 3.74. The number of nitrogen functional groups attached to an aromatic ring is 2. The molecule has 0 atom stereocenters. The molecule has 1 aromatic carbocycles. The van der Waals surface area contributed by atoms with E-state index in [4.69, 9.17) is 11.5 Å². The number of hydrogen-bond acceptors (Lipinski definition) is 7. The van der Waals surface area contributed by atoms with Crippen molar-refractivity contribution in [2.24, 2.45) is 0 Å². The first-order valence-corrected chi connectivity index (χ1v) is 8.44. The number of nitrogens with zero attached hydrogens (tertiary/aromatic N) is 6. The van der Waals surface area contributed by atoms with E-state index in [9.17, 15) is 4.39 Å². The van der Waals surface area contributed by atoms with Crippen molar-refractivity contribution in [2.45, 2.75) is 20.4 Å². The number of fused-ring (bicyclic) bond motifs is 1. The highest BCUT2D eigenvalue weighted by atomic mass is 19.1. The quantitative estimate of drug-likeness (QED) is 0.571. The van der Waals surface area contributed by atoms with Crippen LogP contribution in [0.3, 0.4) is 0 Å². The highest BCUT2D eigenvalue weighted by Gasteiger charge is 2.17. The van der Waals surface area contributed by atoms with Crippen LogP contribution in [0.4, 0.5) is 16.0 Å². The molecule has 0 aliphatic carbocycles. The Morgan fingerprint density at radius 3 is 2.52 bits per heavy atom. The summed E-state index contributed by atoms with van der Waals surface area (Å²) in [5, 5.41) is 12.9. The molecule has 0 unspecified atom stereocenters. The average Bonchev–Trinajstić information content (AvgIpc) is 3.06. The molecule has 0 saturated carbocycles. The van der Waals surface area contributed by atoms with Gasteiger partial charge in [0.05, 0.1) is 11.9 Å². The van der Waals surface area contributed by atoms with Crippen LogP contribution >= 0.6 is 0 Å². The van der Waals surface area contributed by atoms with Crippen LogP contribution in [0.15, 0.2) is 42.6 Å². The normalized spacial score (nSPS) is 10.5. The Hall–Kier alpha value is -3.62. The maximum Gasteiger partial charge on any atom is 0.205 e. The van der Waals surface area contributed by atoms with Crippen molar-refractivity contribution in [2.75, 3.05) is 11.5 Å². The second-order valence-corrected chi connectivity index (χ2v) is 5.38. The number of halogens is 1. The fraction of sp³-hybridized carbons (Fsp3) is 0.167. The summed E-state index contributed by atoms with van der Waals surface area (Å²) in [6.07, 6.45) is 1.64. The van der Waals surface area contributed by atoms with Crippen molar-refractivity contribution in [1.29, 1.82) is 0 Å². The first-order chi connectivity index (χ1) is 13.1. The number of nitrogens with two attached hydrogens (primary N) is 2. The van der Waals surface area contributed by atoms with Gasteiger partial charge in [-0.1, -0.05) is 32.0 Å². The Morgan fingerprint density at radius 2 is 1.78 bits per heavy atom. The van der Waals surface area contributed by atoms with Crippen molar-refractivity contribution in [1.82, 2.24) is 29.9 Å². The van der Waals surface area contributed by atoms with Crippen LogP contribution in [-0.4, -0.2) is 29.9 Å². The maximum absolute atomic E-state index is 14.0. The van der Waals surface area contributed by atoms with Gasteiger partial charge in [0.25, 0.3) is 0 Å². The summed E-state index contributed by atoms with van der Waals surface area (Å²) in [6, 6.07) is 10.1. The molecule has 0 spiro atoms. The summed E-state index contributed by atoms with van der Waals surface area (Å²) in [6.45, 7) is 4.22. The third kappa shape index (κ3) is 3.52. The van der Waals surface area contributed by atoms with Crippen LogP contribution in [-0.2, 0) is 6.54 Å². The van der Waals surface area contributed by atoms with Crippen molar-refractivity contribution in [3.63, 3.8) is 0 Å². The number of aromatic nitrogens is 6. The molecule has 4 rings (SSSR count). The highest BCUT2D eigenvalue weighted by Crippen LogP contribution is 2.25. The Morgan fingerprint density at radius 1 is 1.00 bits per heavy atom. The number of benzene rings is 1. The van der Waals surface area contributed by atoms with Gasteiger partial charge in [-0.25, -0.2) is 19.0 Å². The lowest BCUT2D eigenvalue weighted by Crippen LogP contribution is -2.06. The maximum atomic E-state index is 14.0. The van der Waals surface area contributed by atoms with E-state index < -0.39 is 0 Å². The Bertz CT molecular complexity index is 1080. The van der Waals surface area contributed by atoms with Gasteiger partial charge in [0.1, 0.15) is 11.5 Å². The van der Waals surface area contributed by atoms with E-state index in [2.05, 4.69) is 25.3 Å². The molecule has 0 radical (unpaired) electrons. The molecule has 0 saturated heterocycles. The van der Waals surface area contributed by atoms with E-state index >= 15 is 0 Å². The van der Waals surface area contributed by atoms with Gasteiger partial charge >= 0.3 is 0 Å². The zero-order valence-electron chi connectivity index (χ0n) is 15.0. The van der Waals surface area contributed by atoms with Crippen molar-refractivity contribution >= 4 is 22.7 Å². The van der Waals surface area contributed by atoms with Crippen LogP contribution in [0, 0.1) is 5.82 Å². The molecule has 0 aliphatic rings. The molecule has 9 heteroatoms. The van der Waals surface area contributed by atoms with Gasteiger partial charge in [0.2, 0.25) is 5.82 Å². The van der Waals surface area contributed by atoms with Gasteiger partial charge in [-0.3, -0.25) is 0 Å². The molecular formula is C18H19FN8. The van der Waals surface area contributed by atoms with E-state index in [1.54, 1.807) is 35.1 Å². The minimum absolute atomic E-state index is 0.0527. The van der Waals surface area contributed by atoms with E-state index in [1.165, 1.54) is 6.07 Å². The largest absolute Gasteiger partial charge is 0.381 e. The topological polar surface area (TPSA) is 121 Å². The first-order valence-electron chi connectivity index (χ1n) is 8.44. The molecule has 0 amide bonds. The van der Waals surface area contributed by atoms with Gasteiger partial charge in [-0.2, -0.15) is 5.10 Å². The molecule has 3 heterocycles. The smallest absolute Gasteiger partial charge is 0.205 e. The van der Waals surface area contributed by atoms with Gasteiger partial charge in [-0.15, -0.1) is 10.2 Å². The lowest BCUT2D eigenvalue weighted by Gasteiger charge is -2.04. The molecule has 8 nitrogen and oxygen atoms in total. The van der Waals surface area contributed by atoms with Gasteiger partial charge in [0.15, 0.2) is 17.3 Å². The van der Waals surface area contributed by atoms with Crippen molar-refractivity contribution in [3.8, 4) is 11.5 Å². The summed E-state index contributed by atoms with van der Waals surface area (Å²) in [4.78, 5) is 8.47. The lowest BCUT2D eigenvalue weighted by molar-refractivity contribution is 0.589. The average molecular weight is 366 g/mol. The molecule has 4 N–H and O–H groups in total. The summed E-state index contributed by atoms with van der Waals surface area (Å²) >= 11 is 0. The molecule has 0 aliphatic heterocycles. The van der Waals surface area contributed by atoms with Gasteiger partial charge in [0, 0.05) is 11.8 Å². The van der Waals surface area contributed by atoms with Crippen LogP contribution in [0.2, 0.25) is 0 Å². The fourth-order valence-corrected chi connectivity index (χ4v) is 2.52. The minimum Gasteiger partial charge on any atom is -0.381 e. The molecule has 0 bridgehead atoms. The zero-order chi connectivity index (χ0) is 19.4. The zero-order valence-corrected chi connectivity index (χ0v) is 15.0. The standard InChI is InChI=1S/C16H13FN8.C2H6/c17-11-6-2-1-4-9(11)8-25-16-10(5-3-7-20-16)12(24-25)15-21-13(18)14(19)22-23-15;1-2/h1-7H,8H2,(H2,19,22)(H2,18,21,23);1-2H3. The predicted molar refractivity (Wildman–Crippen MR) is 102 cm³/mol. The monoisotopic (exact) mass is 366 g/mol. The van der Waals surface area contributed by atoms with Crippen LogP contribution in [0.5, 0.6) is 0 Å². The summed E-state index contributed by atoms with van der Waals surface area (Å²) in [5.41, 5.74) is 12.8. The predicted octanol–water partition coefficient (Wildman–Crippen LogP) is 2.66. The highest BCUT2D eigenvalue weighted by molar-refractivity contribution is 5.89. The second kappa shape index (κ2) is 7.73. The fourth-order valence-electron chi connectivity index (χ4n) is 2.52. The Labute approximate surface area is 155 Å². The second-order valence-electron chi connectivity index (χ2n) is 5.38. The van der Waals surface area contributed by atoms with Crippen molar-refractivity contribution in [3.05, 3.63) is 54.0 Å². The molecule has 0 fully saturated rings. The molecular weight excluding hydrogens is 347 g/mol. The van der Waals surface area contributed by atoms with Crippen LogP contribution in [0.1, 0.15) is 19.4 Å². The molecule has 4 aromatic rings.